The van der Waals surface area contributed by atoms with Crippen molar-refractivity contribution in [2.75, 3.05) is 73.7 Å². The summed E-state index contributed by atoms with van der Waals surface area (Å²) in [5.74, 6) is 3.23. The monoisotopic (exact) mass is 505 g/mol. The van der Waals surface area contributed by atoms with Crippen LogP contribution in [0.15, 0.2) is 24.5 Å². The number of hydrogen-bond donors (Lipinski definition) is 1. The van der Waals surface area contributed by atoms with E-state index in [0.717, 1.165) is 96.9 Å². The highest BCUT2D eigenvalue weighted by molar-refractivity contribution is 7.25. The third-order valence-corrected chi connectivity index (χ3v) is 7.87. The van der Waals surface area contributed by atoms with E-state index in [1.807, 2.05) is 13.0 Å². The summed E-state index contributed by atoms with van der Waals surface area (Å²) in [7, 11) is 0. The van der Waals surface area contributed by atoms with Crippen molar-refractivity contribution in [2.24, 2.45) is 0 Å². The largest absolute Gasteiger partial charge is 0.477 e. The Kier molecular flexibility index (Phi) is 6.41. The van der Waals surface area contributed by atoms with Crippen LogP contribution in [0.5, 0.6) is 5.88 Å². The van der Waals surface area contributed by atoms with Crippen LogP contribution in [0, 0.1) is 0 Å². The van der Waals surface area contributed by atoms with Crippen LogP contribution in [0.2, 0.25) is 0 Å². The number of pyridine rings is 1. The van der Waals surface area contributed by atoms with Crippen LogP contribution < -0.4 is 24.8 Å². The highest BCUT2D eigenvalue weighted by atomic mass is 32.1. The SMILES string of the molecule is CCOc1nc(N2CCNCC2)nc2c1sc1nc(N3CCN(c4ncccn4)CC3)cc(CC)c12. The van der Waals surface area contributed by atoms with Gasteiger partial charge in [-0.25, -0.2) is 19.9 Å². The maximum absolute atomic E-state index is 6.02. The lowest BCUT2D eigenvalue weighted by molar-refractivity contribution is 0.331. The standard InChI is InChI=1S/C25H31N9OS/c1-3-17-16-18(32-12-14-34(15-13-32)24-27-6-5-7-28-24)29-23-19(17)20-21(36-23)22(35-4-2)31-25(30-20)33-10-8-26-9-11-33/h5-7,16,26H,3-4,8-15H2,1-2H3. The molecule has 0 atom stereocenters. The molecule has 2 saturated heterocycles. The van der Waals surface area contributed by atoms with Gasteiger partial charge in [0.05, 0.1) is 6.61 Å². The summed E-state index contributed by atoms with van der Waals surface area (Å²) in [6.07, 6.45) is 4.50. The maximum atomic E-state index is 6.02. The van der Waals surface area contributed by atoms with Gasteiger partial charge in [-0.05, 0) is 31.0 Å². The minimum absolute atomic E-state index is 0.566. The van der Waals surface area contributed by atoms with E-state index in [1.54, 1.807) is 23.7 Å². The van der Waals surface area contributed by atoms with E-state index < -0.39 is 0 Å². The van der Waals surface area contributed by atoms with Crippen molar-refractivity contribution in [1.82, 2.24) is 30.2 Å². The molecule has 0 radical (unpaired) electrons. The summed E-state index contributed by atoms with van der Waals surface area (Å²) >= 11 is 1.64. The number of hydrogen-bond acceptors (Lipinski definition) is 11. The third kappa shape index (κ3) is 4.26. The first-order valence-corrected chi connectivity index (χ1v) is 13.6. The van der Waals surface area contributed by atoms with E-state index in [-0.39, 0.29) is 0 Å². The lowest BCUT2D eigenvalue weighted by atomic mass is 10.1. The molecule has 0 aromatic carbocycles. The lowest BCUT2D eigenvalue weighted by Gasteiger charge is -2.35. The van der Waals surface area contributed by atoms with Gasteiger partial charge in [0.1, 0.15) is 20.9 Å². The molecule has 36 heavy (non-hydrogen) atoms. The van der Waals surface area contributed by atoms with Crippen molar-refractivity contribution in [2.45, 2.75) is 20.3 Å². The molecule has 0 unspecified atom stereocenters. The molecular weight excluding hydrogens is 474 g/mol. The van der Waals surface area contributed by atoms with E-state index in [9.17, 15) is 0 Å². The van der Waals surface area contributed by atoms with Gasteiger partial charge in [0.25, 0.3) is 0 Å². The van der Waals surface area contributed by atoms with Crippen LogP contribution >= 0.6 is 11.3 Å². The molecule has 0 spiro atoms. The fourth-order valence-corrected chi connectivity index (χ4v) is 6.03. The zero-order valence-electron chi connectivity index (χ0n) is 20.8. The van der Waals surface area contributed by atoms with Crippen molar-refractivity contribution in [3.63, 3.8) is 0 Å². The normalized spacial score (nSPS) is 16.8. The molecule has 1 N–H and O–H groups in total. The van der Waals surface area contributed by atoms with Crippen molar-refractivity contribution in [3.05, 3.63) is 30.1 Å². The Morgan fingerprint density at radius 1 is 0.889 bits per heavy atom. The van der Waals surface area contributed by atoms with Gasteiger partial charge < -0.3 is 24.8 Å². The van der Waals surface area contributed by atoms with Crippen LogP contribution in [-0.4, -0.2) is 83.9 Å². The third-order valence-electron chi connectivity index (χ3n) is 6.81. The average Bonchev–Trinajstić information content (AvgIpc) is 3.33. The highest BCUT2D eigenvalue weighted by Gasteiger charge is 2.24. The average molecular weight is 506 g/mol. The number of fused-ring (bicyclic) bond motifs is 3. The summed E-state index contributed by atoms with van der Waals surface area (Å²) in [4.78, 5) is 31.7. The lowest BCUT2D eigenvalue weighted by Crippen LogP contribution is -2.47. The molecule has 0 saturated carbocycles. The predicted octanol–water partition coefficient (Wildman–Crippen LogP) is 2.73. The summed E-state index contributed by atoms with van der Waals surface area (Å²) in [5.41, 5.74) is 2.23. The van der Waals surface area contributed by atoms with Gasteiger partial charge in [0.15, 0.2) is 0 Å². The number of aromatic nitrogens is 5. The molecule has 0 amide bonds. The Balaban J connectivity index is 1.37. The second-order valence-electron chi connectivity index (χ2n) is 8.97. The number of nitrogens with zero attached hydrogens (tertiary/aromatic N) is 8. The number of nitrogens with one attached hydrogen (secondary N) is 1. The van der Waals surface area contributed by atoms with E-state index in [0.29, 0.717) is 12.5 Å². The van der Waals surface area contributed by atoms with Crippen LogP contribution in [0.4, 0.5) is 17.7 Å². The molecule has 10 nitrogen and oxygen atoms in total. The quantitative estimate of drug-likeness (QED) is 0.421. The van der Waals surface area contributed by atoms with Crippen molar-refractivity contribution >= 4 is 49.5 Å². The van der Waals surface area contributed by atoms with Crippen LogP contribution in [0.25, 0.3) is 20.4 Å². The van der Waals surface area contributed by atoms with Gasteiger partial charge in [-0.2, -0.15) is 4.98 Å². The van der Waals surface area contributed by atoms with Crippen LogP contribution in [0.3, 0.4) is 0 Å². The van der Waals surface area contributed by atoms with Gasteiger partial charge in [0.2, 0.25) is 17.8 Å². The zero-order valence-corrected chi connectivity index (χ0v) is 21.6. The molecule has 0 bridgehead atoms. The number of ether oxygens (including phenoxy) is 1. The Hall–Kier alpha value is -3.31. The Morgan fingerprint density at radius 2 is 1.61 bits per heavy atom. The van der Waals surface area contributed by atoms with Gasteiger partial charge in [-0.15, -0.1) is 11.3 Å². The molecule has 188 valence electrons. The molecule has 6 heterocycles. The summed E-state index contributed by atoms with van der Waals surface area (Å²) in [5, 5.41) is 4.54. The molecule has 2 fully saturated rings. The maximum Gasteiger partial charge on any atom is 0.236 e. The Bertz CT molecular complexity index is 1350. The minimum Gasteiger partial charge on any atom is -0.477 e. The van der Waals surface area contributed by atoms with Crippen molar-refractivity contribution in [1.29, 1.82) is 0 Å². The zero-order chi connectivity index (χ0) is 24.5. The van der Waals surface area contributed by atoms with Crippen molar-refractivity contribution in [3.8, 4) is 5.88 Å². The smallest absolute Gasteiger partial charge is 0.236 e. The van der Waals surface area contributed by atoms with E-state index in [1.165, 1.54) is 5.56 Å². The number of piperazine rings is 2. The fraction of sp³-hybridized carbons (Fsp3) is 0.480. The van der Waals surface area contributed by atoms with E-state index in [4.69, 9.17) is 19.7 Å². The Labute approximate surface area is 214 Å². The molecule has 11 heteroatoms. The summed E-state index contributed by atoms with van der Waals surface area (Å²) in [6.45, 7) is 11.9. The molecule has 4 aromatic heterocycles. The first kappa shape index (κ1) is 23.1. The fourth-order valence-electron chi connectivity index (χ4n) is 4.93. The van der Waals surface area contributed by atoms with E-state index in [2.05, 4.69) is 43.0 Å². The first-order valence-electron chi connectivity index (χ1n) is 12.7. The Morgan fingerprint density at radius 3 is 2.33 bits per heavy atom. The van der Waals surface area contributed by atoms with E-state index >= 15 is 0 Å². The van der Waals surface area contributed by atoms with Crippen LogP contribution in [0.1, 0.15) is 19.4 Å². The molecule has 2 aliphatic rings. The second-order valence-corrected chi connectivity index (χ2v) is 9.97. The van der Waals surface area contributed by atoms with Crippen molar-refractivity contribution < 1.29 is 4.74 Å². The summed E-state index contributed by atoms with van der Waals surface area (Å²) < 4.78 is 7.00. The molecule has 2 aliphatic heterocycles. The molecule has 6 rings (SSSR count). The van der Waals surface area contributed by atoms with Gasteiger partial charge in [-0.3, -0.25) is 0 Å². The molecule has 4 aromatic rings. The van der Waals surface area contributed by atoms with Gasteiger partial charge in [-0.1, -0.05) is 6.92 Å². The predicted molar refractivity (Wildman–Crippen MR) is 145 cm³/mol. The highest BCUT2D eigenvalue weighted by Crippen LogP contribution is 2.40. The molecule has 0 aliphatic carbocycles. The second kappa shape index (κ2) is 9.98. The number of anilines is 3. The number of aryl methyl sites for hydroxylation is 1. The first-order chi connectivity index (χ1) is 17.7. The number of thiophene rings is 1. The summed E-state index contributed by atoms with van der Waals surface area (Å²) in [6, 6.07) is 4.10. The minimum atomic E-state index is 0.566. The molecular formula is C25H31N9OS. The number of rotatable bonds is 6. The van der Waals surface area contributed by atoms with Gasteiger partial charge in [0, 0.05) is 70.1 Å². The van der Waals surface area contributed by atoms with Gasteiger partial charge >= 0.3 is 0 Å². The topological polar surface area (TPSA) is 95.4 Å². The van der Waals surface area contributed by atoms with Crippen LogP contribution in [-0.2, 0) is 6.42 Å².